The molecule has 5 heteroatoms. The van der Waals surface area contributed by atoms with E-state index in [2.05, 4.69) is 12.2 Å². The summed E-state index contributed by atoms with van der Waals surface area (Å²) < 4.78 is 0. The number of hydrogen-bond acceptors (Lipinski definition) is 3. The van der Waals surface area contributed by atoms with Gasteiger partial charge < -0.3 is 16.2 Å². The van der Waals surface area contributed by atoms with Gasteiger partial charge in [-0.3, -0.25) is 4.79 Å². The van der Waals surface area contributed by atoms with Crippen LogP contribution in [0.25, 0.3) is 0 Å². The number of aromatic carboxylic acids is 1. The Labute approximate surface area is 118 Å². The molecule has 0 spiro atoms. The lowest BCUT2D eigenvalue weighted by atomic mass is 9.82. The molecule has 1 aliphatic carbocycles. The Morgan fingerprint density at radius 2 is 1.90 bits per heavy atom. The van der Waals surface area contributed by atoms with E-state index in [1.165, 1.54) is 12.1 Å². The fraction of sp³-hybridized carbons (Fsp3) is 0.467. The summed E-state index contributed by atoms with van der Waals surface area (Å²) in [6.45, 7) is 2.21. The molecule has 1 aliphatic rings. The smallest absolute Gasteiger partial charge is 0.335 e. The Balaban J connectivity index is 2.02. The van der Waals surface area contributed by atoms with E-state index in [0.29, 0.717) is 11.6 Å². The maximum Gasteiger partial charge on any atom is 0.335 e. The second-order valence-corrected chi connectivity index (χ2v) is 5.55. The minimum atomic E-state index is -1.03. The van der Waals surface area contributed by atoms with Gasteiger partial charge in [-0.05, 0) is 49.8 Å². The lowest BCUT2D eigenvalue weighted by molar-refractivity contribution is -0.121. The van der Waals surface area contributed by atoms with Crippen molar-refractivity contribution in [3.05, 3.63) is 23.8 Å². The number of rotatable bonds is 3. The van der Waals surface area contributed by atoms with Crippen LogP contribution in [-0.2, 0) is 4.79 Å². The summed E-state index contributed by atoms with van der Waals surface area (Å²) in [6.07, 6.45) is 3.96. The van der Waals surface area contributed by atoms with Gasteiger partial charge in [-0.2, -0.15) is 0 Å². The van der Waals surface area contributed by atoms with Crippen LogP contribution in [0, 0.1) is 11.8 Å². The number of carboxylic acid groups (broad SMARTS) is 1. The first kappa shape index (κ1) is 14.4. The van der Waals surface area contributed by atoms with E-state index in [1.54, 1.807) is 6.07 Å². The first-order valence-electron chi connectivity index (χ1n) is 6.91. The molecular formula is C15H20N2O3. The van der Waals surface area contributed by atoms with Crippen molar-refractivity contribution < 1.29 is 14.7 Å². The zero-order chi connectivity index (χ0) is 14.7. The highest BCUT2D eigenvalue weighted by molar-refractivity contribution is 5.97. The molecule has 2 rings (SSSR count). The molecule has 4 N–H and O–H groups in total. The van der Waals surface area contributed by atoms with Crippen LogP contribution in [0.5, 0.6) is 0 Å². The van der Waals surface area contributed by atoms with Gasteiger partial charge in [0.05, 0.1) is 16.9 Å². The minimum absolute atomic E-state index is 0.0216. The maximum atomic E-state index is 12.2. The molecule has 0 unspecified atom stereocenters. The fourth-order valence-corrected chi connectivity index (χ4v) is 2.57. The topological polar surface area (TPSA) is 92.4 Å². The van der Waals surface area contributed by atoms with Gasteiger partial charge in [0, 0.05) is 5.92 Å². The van der Waals surface area contributed by atoms with Crippen LogP contribution in [-0.4, -0.2) is 17.0 Å². The zero-order valence-electron chi connectivity index (χ0n) is 11.6. The summed E-state index contributed by atoms with van der Waals surface area (Å²) in [7, 11) is 0. The largest absolute Gasteiger partial charge is 0.478 e. The summed E-state index contributed by atoms with van der Waals surface area (Å²) in [5, 5.41) is 11.7. The van der Waals surface area contributed by atoms with Crippen LogP contribution in [0.2, 0.25) is 0 Å². The number of benzene rings is 1. The van der Waals surface area contributed by atoms with Crippen molar-refractivity contribution in [2.45, 2.75) is 32.6 Å². The van der Waals surface area contributed by atoms with Crippen molar-refractivity contribution in [3.63, 3.8) is 0 Å². The number of carbonyl (C=O) groups excluding carboxylic acids is 1. The lowest BCUT2D eigenvalue weighted by Crippen LogP contribution is -2.27. The van der Waals surface area contributed by atoms with E-state index in [9.17, 15) is 9.59 Å². The minimum Gasteiger partial charge on any atom is -0.478 e. The molecule has 1 saturated carbocycles. The van der Waals surface area contributed by atoms with Crippen molar-refractivity contribution >= 4 is 23.3 Å². The Morgan fingerprint density at radius 3 is 2.45 bits per heavy atom. The molecule has 1 fully saturated rings. The molecule has 1 aromatic rings. The Bertz CT molecular complexity index is 520. The summed E-state index contributed by atoms with van der Waals surface area (Å²) in [5.74, 6) is -0.328. The second kappa shape index (κ2) is 5.94. The third-order valence-electron chi connectivity index (χ3n) is 3.94. The molecule has 0 saturated heterocycles. The molecule has 0 bridgehead atoms. The Kier molecular flexibility index (Phi) is 4.27. The molecule has 0 aliphatic heterocycles. The van der Waals surface area contributed by atoms with E-state index in [4.69, 9.17) is 10.8 Å². The highest BCUT2D eigenvalue weighted by Crippen LogP contribution is 2.30. The summed E-state index contributed by atoms with van der Waals surface area (Å²) in [5.41, 5.74) is 6.66. The quantitative estimate of drug-likeness (QED) is 0.740. The van der Waals surface area contributed by atoms with E-state index in [1.807, 2.05) is 0 Å². The average molecular weight is 276 g/mol. The number of amides is 1. The average Bonchev–Trinajstić information content (AvgIpc) is 2.41. The predicted octanol–water partition coefficient (Wildman–Crippen LogP) is 2.73. The zero-order valence-corrected chi connectivity index (χ0v) is 11.6. The number of carboxylic acids is 1. The van der Waals surface area contributed by atoms with Crippen molar-refractivity contribution in [2.24, 2.45) is 11.8 Å². The summed E-state index contributed by atoms with van der Waals surface area (Å²) in [6, 6.07) is 4.35. The van der Waals surface area contributed by atoms with Gasteiger partial charge in [-0.1, -0.05) is 6.92 Å². The van der Waals surface area contributed by atoms with Gasteiger partial charge in [0.2, 0.25) is 5.91 Å². The third kappa shape index (κ3) is 3.29. The molecule has 0 aromatic heterocycles. The molecule has 5 nitrogen and oxygen atoms in total. The Hall–Kier alpha value is -2.04. The third-order valence-corrected chi connectivity index (χ3v) is 3.94. The van der Waals surface area contributed by atoms with Gasteiger partial charge in [0.25, 0.3) is 0 Å². The van der Waals surface area contributed by atoms with E-state index >= 15 is 0 Å². The van der Waals surface area contributed by atoms with Gasteiger partial charge in [0.1, 0.15) is 0 Å². The molecule has 1 aromatic carbocycles. The van der Waals surface area contributed by atoms with Gasteiger partial charge in [-0.15, -0.1) is 0 Å². The van der Waals surface area contributed by atoms with Gasteiger partial charge in [0.15, 0.2) is 0 Å². The van der Waals surface area contributed by atoms with Crippen molar-refractivity contribution in [2.75, 3.05) is 11.1 Å². The van der Waals surface area contributed by atoms with Crippen LogP contribution in [0.4, 0.5) is 11.4 Å². The molecule has 20 heavy (non-hydrogen) atoms. The van der Waals surface area contributed by atoms with Crippen LogP contribution >= 0.6 is 0 Å². The molecular weight excluding hydrogens is 256 g/mol. The number of anilines is 2. The molecule has 0 radical (unpaired) electrons. The summed E-state index contributed by atoms with van der Waals surface area (Å²) in [4.78, 5) is 23.0. The number of nitrogen functional groups attached to an aromatic ring is 1. The van der Waals surface area contributed by atoms with Gasteiger partial charge in [-0.25, -0.2) is 4.79 Å². The SMILES string of the molecule is CC1CCC(C(=O)Nc2ccc(C(=O)O)cc2N)CC1. The van der Waals surface area contributed by atoms with Gasteiger partial charge >= 0.3 is 5.97 Å². The van der Waals surface area contributed by atoms with Crippen molar-refractivity contribution in [1.82, 2.24) is 0 Å². The first-order chi connectivity index (χ1) is 9.47. The standard InChI is InChI=1S/C15H20N2O3/c1-9-2-4-10(5-3-9)14(18)17-13-7-6-11(15(19)20)8-12(13)16/h6-10H,2-5,16H2,1H3,(H,17,18)(H,19,20). The van der Waals surface area contributed by atoms with Crippen LogP contribution in [0.15, 0.2) is 18.2 Å². The van der Waals surface area contributed by atoms with E-state index < -0.39 is 5.97 Å². The molecule has 0 heterocycles. The van der Waals surface area contributed by atoms with Crippen LogP contribution in [0.3, 0.4) is 0 Å². The number of nitrogens with one attached hydrogen (secondary N) is 1. The first-order valence-corrected chi connectivity index (χ1v) is 6.91. The Morgan fingerprint density at radius 1 is 1.25 bits per heavy atom. The van der Waals surface area contributed by atoms with Crippen molar-refractivity contribution in [3.8, 4) is 0 Å². The van der Waals surface area contributed by atoms with Crippen molar-refractivity contribution in [1.29, 1.82) is 0 Å². The summed E-state index contributed by atoms with van der Waals surface area (Å²) >= 11 is 0. The molecule has 108 valence electrons. The number of carbonyl (C=O) groups is 2. The number of hydrogen-bond donors (Lipinski definition) is 3. The predicted molar refractivity (Wildman–Crippen MR) is 77.6 cm³/mol. The highest BCUT2D eigenvalue weighted by Gasteiger charge is 2.24. The van der Waals surface area contributed by atoms with Crippen LogP contribution in [0.1, 0.15) is 43.0 Å². The van der Waals surface area contributed by atoms with E-state index in [-0.39, 0.29) is 23.1 Å². The highest BCUT2D eigenvalue weighted by atomic mass is 16.4. The molecule has 0 atom stereocenters. The monoisotopic (exact) mass is 276 g/mol. The fourth-order valence-electron chi connectivity index (χ4n) is 2.57. The second-order valence-electron chi connectivity index (χ2n) is 5.55. The molecule has 1 amide bonds. The van der Waals surface area contributed by atoms with E-state index in [0.717, 1.165) is 25.7 Å². The van der Waals surface area contributed by atoms with Crippen LogP contribution < -0.4 is 11.1 Å². The normalized spacial score (nSPS) is 22.2. The lowest BCUT2D eigenvalue weighted by Gasteiger charge is -2.25. The number of nitrogens with two attached hydrogens (primary N) is 1. The maximum absolute atomic E-state index is 12.2.